The molecule has 1 aromatic rings. The highest BCUT2D eigenvalue weighted by atomic mass is 35.5. The number of aryl methyl sites for hydroxylation is 1. The molecule has 18 heavy (non-hydrogen) atoms. The summed E-state index contributed by atoms with van der Waals surface area (Å²) >= 11 is 0. The van der Waals surface area contributed by atoms with Crippen LogP contribution in [0.2, 0.25) is 0 Å². The number of hydrogen-bond donors (Lipinski definition) is 2. The first-order valence-corrected chi connectivity index (χ1v) is 5.62. The van der Waals surface area contributed by atoms with Gasteiger partial charge in [-0.2, -0.15) is 0 Å². The Balaban J connectivity index is 0.00000289. The van der Waals surface area contributed by atoms with Gasteiger partial charge in [0.1, 0.15) is 0 Å². The molecule has 0 unspecified atom stereocenters. The van der Waals surface area contributed by atoms with E-state index in [0.29, 0.717) is 18.5 Å². The number of ketones is 1. The number of rotatable bonds is 7. The monoisotopic (exact) mass is 271 g/mol. The van der Waals surface area contributed by atoms with Gasteiger partial charge in [-0.15, -0.1) is 12.4 Å². The summed E-state index contributed by atoms with van der Waals surface area (Å²) in [5, 5.41) is 11.4. The molecular formula is C13H18ClNO3. The molecule has 5 heteroatoms. The third-order valence-corrected chi connectivity index (χ3v) is 2.40. The molecule has 0 spiro atoms. The van der Waals surface area contributed by atoms with Gasteiger partial charge >= 0.3 is 5.97 Å². The maximum Gasteiger partial charge on any atom is 0.303 e. The second kappa shape index (κ2) is 8.66. The van der Waals surface area contributed by atoms with E-state index < -0.39 is 5.97 Å². The van der Waals surface area contributed by atoms with Crippen LogP contribution in [-0.4, -0.2) is 29.9 Å². The third-order valence-electron chi connectivity index (χ3n) is 2.40. The standard InChI is InChI=1S/C13H17NO3.ClH/c1-10-4-6-11(7-5-10)12(15)9-14-8-2-3-13(16)17;/h4-7,14H,2-3,8-9H2,1H3,(H,16,17);1H. The van der Waals surface area contributed by atoms with E-state index in [2.05, 4.69) is 5.32 Å². The fourth-order valence-electron chi connectivity index (χ4n) is 1.41. The lowest BCUT2D eigenvalue weighted by Gasteiger charge is -2.03. The van der Waals surface area contributed by atoms with E-state index >= 15 is 0 Å². The molecule has 0 saturated heterocycles. The molecule has 1 rings (SSSR count). The molecule has 0 atom stereocenters. The Morgan fingerprint density at radius 3 is 2.39 bits per heavy atom. The Kier molecular flexibility index (Phi) is 8.00. The summed E-state index contributed by atoms with van der Waals surface area (Å²) in [5.41, 5.74) is 1.80. The first-order chi connectivity index (χ1) is 8.09. The second-order valence-corrected chi connectivity index (χ2v) is 3.96. The minimum atomic E-state index is -0.809. The minimum absolute atomic E-state index is 0. The lowest BCUT2D eigenvalue weighted by atomic mass is 10.1. The first-order valence-electron chi connectivity index (χ1n) is 5.62. The van der Waals surface area contributed by atoms with Crippen LogP contribution in [0.4, 0.5) is 0 Å². The molecule has 0 saturated carbocycles. The largest absolute Gasteiger partial charge is 0.481 e. The predicted molar refractivity (Wildman–Crippen MR) is 72.5 cm³/mol. The number of halogens is 1. The van der Waals surface area contributed by atoms with Crippen molar-refractivity contribution in [2.75, 3.05) is 13.1 Å². The smallest absolute Gasteiger partial charge is 0.303 e. The molecule has 1 aromatic carbocycles. The van der Waals surface area contributed by atoms with Crippen LogP contribution in [0.15, 0.2) is 24.3 Å². The Bertz CT molecular complexity index is 390. The topological polar surface area (TPSA) is 66.4 Å². The van der Waals surface area contributed by atoms with Crippen molar-refractivity contribution in [3.05, 3.63) is 35.4 Å². The summed E-state index contributed by atoms with van der Waals surface area (Å²) in [6, 6.07) is 7.41. The minimum Gasteiger partial charge on any atom is -0.481 e. The van der Waals surface area contributed by atoms with E-state index in [1.54, 1.807) is 12.1 Å². The van der Waals surface area contributed by atoms with Crippen LogP contribution in [0.25, 0.3) is 0 Å². The van der Waals surface area contributed by atoms with Crippen molar-refractivity contribution < 1.29 is 14.7 Å². The van der Waals surface area contributed by atoms with Gasteiger partial charge in [-0.3, -0.25) is 9.59 Å². The summed E-state index contributed by atoms with van der Waals surface area (Å²) in [6.07, 6.45) is 0.669. The van der Waals surface area contributed by atoms with Crippen molar-refractivity contribution in [2.24, 2.45) is 0 Å². The van der Waals surface area contributed by atoms with E-state index in [1.165, 1.54) is 0 Å². The van der Waals surface area contributed by atoms with Crippen LogP contribution in [0.1, 0.15) is 28.8 Å². The fourth-order valence-corrected chi connectivity index (χ4v) is 1.41. The van der Waals surface area contributed by atoms with Crippen LogP contribution in [0.3, 0.4) is 0 Å². The van der Waals surface area contributed by atoms with Gasteiger partial charge in [0.05, 0.1) is 6.54 Å². The van der Waals surface area contributed by atoms with Crippen molar-refractivity contribution in [1.29, 1.82) is 0 Å². The summed E-state index contributed by atoms with van der Waals surface area (Å²) in [5.74, 6) is -0.781. The van der Waals surface area contributed by atoms with Gasteiger partial charge in [-0.05, 0) is 19.9 Å². The Morgan fingerprint density at radius 2 is 1.83 bits per heavy atom. The zero-order valence-corrected chi connectivity index (χ0v) is 11.1. The third kappa shape index (κ3) is 6.37. The highest BCUT2D eigenvalue weighted by molar-refractivity contribution is 5.97. The number of aliphatic carboxylic acids is 1. The van der Waals surface area contributed by atoms with Gasteiger partial charge in [0, 0.05) is 12.0 Å². The van der Waals surface area contributed by atoms with E-state index in [9.17, 15) is 9.59 Å². The van der Waals surface area contributed by atoms with E-state index in [-0.39, 0.29) is 31.2 Å². The highest BCUT2D eigenvalue weighted by Crippen LogP contribution is 2.03. The van der Waals surface area contributed by atoms with Crippen LogP contribution in [-0.2, 0) is 4.79 Å². The lowest BCUT2D eigenvalue weighted by molar-refractivity contribution is -0.137. The van der Waals surface area contributed by atoms with Crippen LogP contribution >= 0.6 is 12.4 Å². The zero-order chi connectivity index (χ0) is 12.7. The number of carbonyl (C=O) groups excluding carboxylic acids is 1. The average Bonchev–Trinajstić information content (AvgIpc) is 2.29. The molecule has 0 aromatic heterocycles. The maximum absolute atomic E-state index is 11.7. The average molecular weight is 272 g/mol. The fraction of sp³-hybridized carbons (Fsp3) is 0.385. The summed E-state index contributed by atoms with van der Waals surface area (Å²) in [6.45, 7) is 2.77. The second-order valence-electron chi connectivity index (χ2n) is 3.96. The molecule has 0 aliphatic rings. The summed E-state index contributed by atoms with van der Waals surface area (Å²) < 4.78 is 0. The van der Waals surface area contributed by atoms with Crippen molar-refractivity contribution in [3.63, 3.8) is 0 Å². The Labute approximate surface area is 113 Å². The summed E-state index contributed by atoms with van der Waals surface area (Å²) in [4.78, 5) is 21.9. The molecule has 0 fully saturated rings. The number of carboxylic acids is 1. The highest BCUT2D eigenvalue weighted by Gasteiger charge is 2.04. The molecule has 0 aliphatic carbocycles. The molecule has 0 aliphatic heterocycles. The number of nitrogens with one attached hydrogen (secondary N) is 1. The molecule has 0 heterocycles. The molecule has 0 radical (unpaired) electrons. The SMILES string of the molecule is Cc1ccc(C(=O)CNCCCC(=O)O)cc1.Cl. The molecule has 0 bridgehead atoms. The molecule has 2 N–H and O–H groups in total. The van der Waals surface area contributed by atoms with Gasteiger partial charge in [-0.1, -0.05) is 29.8 Å². The number of benzene rings is 1. The van der Waals surface area contributed by atoms with Crippen LogP contribution in [0.5, 0.6) is 0 Å². The Morgan fingerprint density at radius 1 is 1.22 bits per heavy atom. The van der Waals surface area contributed by atoms with Gasteiger partial charge < -0.3 is 10.4 Å². The quantitative estimate of drug-likeness (QED) is 0.588. The van der Waals surface area contributed by atoms with Gasteiger partial charge in [0.15, 0.2) is 5.78 Å². The predicted octanol–water partition coefficient (Wildman–Crippen LogP) is 2.05. The number of carboxylic acid groups (broad SMARTS) is 1. The maximum atomic E-state index is 11.7. The zero-order valence-electron chi connectivity index (χ0n) is 10.3. The normalized spacial score (nSPS) is 9.61. The number of Topliss-reactive ketones (excluding diaryl/α,β-unsaturated/α-hetero) is 1. The lowest BCUT2D eigenvalue weighted by Crippen LogP contribution is -2.24. The van der Waals surface area contributed by atoms with Crippen molar-refractivity contribution >= 4 is 24.2 Å². The van der Waals surface area contributed by atoms with Crippen molar-refractivity contribution in [1.82, 2.24) is 5.32 Å². The van der Waals surface area contributed by atoms with Crippen LogP contribution in [0, 0.1) is 6.92 Å². The molecule has 100 valence electrons. The van der Waals surface area contributed by atoms with Crippen molar-refractivity contribution in [2.45, 2.75) is 19.8 Å². The van der Waals surface area contributed by atoms with Crippen LogP contribution < -0.4 is 5.32 Å². The van der Waals surface area contributed by atoms with Gasteiger partial charge in [0.2, 0.25) is 0 Å². The summed E-state index contributed by atoms with van der Waals surface area (Å²) in [7, 11) is 0. The van der Waals surface area contributed by atoms with Crippen molar-refractivity contribution in [3.8, 4) is 0 Å². The van der Waals surface area contributed by atoms with E-state index in [0.717, 1.165) is 5.56 Å². The van der Waals surface area contributed by atoms with Gasteiger partial charge in [-0.25, -0.2) is 0 Å². The number of hydrogen-bond acceptors (Lipinski definition) is 3. The first kappa shape index (κ1) is 16.6. The van der Waals surface area contributed by atoms with E-state index in [1.807, 2.05) is 19.1 Å². The number of carbonyl (C=O) groups is 2. The molecular weight excluding hydrogens is 254 g/mol. The Hall–Kier alpha value is -1.39. The molecule has 0 amide bonds. The van der Waals surface area contributed by atoms with E-state index in [4.69, 9.17) is 5.11 Å². The van der Waals surface area contributed by atoms with Gasteiger partial charge in [0.25, 0.3) is 0 Å². The molecule has 4 nitrogen and oxygen atoms in total.